The smallest absolute Gasteiger partial charge is 0.265 e. The van der Waals surface area contributed by atoms with Crippen molar-refractivity contribution in [3.05, 3.63) is 60.2 Å². The average Bonchev–Trinajstić information content (AvgIpc) is 3.17. The quantitative estimate of drug-likeness (QED) is 0.910. The van der Waals surface area contributed by atoms with Crippen molar-refractivity contribution in [1.82, 2.24) is 4.90 Å². The molecule has 0 aromatic heterocycles. The summed E-state index contributed by atoms with van der Waals surface area (Å²) in [6.07, 6.45) is 1.47. The Hall–Kier alpha value is -2.82. The van der Waals surface area contributed by atoms with Crippen LogP contribution in [0.4, 0.5) is 5.69 Å². The van der Waals surface area contributed by atoms with Gasteiger partial charge in [-0.25, -0.2) is 0 Å². The molecule has 2 amide bonds. The zero-order chi connectivity index (χ0) is 17.6. The fraction of sp³-hybridized carbons (Fsp3) is 0.300. The van der Waals surface area contributed by atoms with Gasteiger partial charge in [-0.3, -0.25) is 9.59 Å². The molecule has 3 rings (SSSR count). The number of ether oxygens (including phenoxy) is 1. The van der Waals surface area contributed by atoms with Crippen LogP contribution in [0.2, 0.25) is 0 Å². The van der Waals surface area contributed by atoms with E-state index in [9.17, 15) is 9.59 Å². The number of amides is 2. The number of nitrogens with one attached hydrogen (secondary N) is 1. The summed E-state index contributed by atoms with van der Waals surface area (Å²) < 4.78 is 5.62. The number of hydrogen-bond donors (Lipinski definition) is 1. The van der Waals surface area contributed by atoms with Crippen LogP contribution in [0.25, 0.3) is 0 Å². The van der Waals surface area contributed by atoms with Crippen LogP contribution in [0.5, 0.6) is 5.75 Å². The standard InChI is InChI=1S/C20H22N2O3/c1-15(25-18-10-3-2-4-11-18)19(23)21-17-9-7-8-16(14-17)20(24)22-12-5-6-13-22/h2-4,7-11,14-15H,5-6,12-13H2,1H3,(H,21,23). The summed E-state index contributed by atoms with van der Waals surface area (Å²) >= 11 is 0. The van der Waals surface area contributed by atoms with Crippen LogP contribution in [0, 0.1) is 0 Å². The van der Waals surface area contributed by atoms with Crippen LogP contribution >= 0.6 is 0 Å². The second-order valence-electron chi connectivity index (χ2n) is 6.14. The van der Waals surface area contributed by atoms with Gasteiger partial charge < -0.3 is 15.0 Å². The minimum atomic E-state index is -0.639. The molecule has 1 aliphatic heterocycles. The highest BCUT2D eigenvalue weighted by atomic mass is 16.5. The van der Waals surface area contributed by atoms with E-state index in [0.29, 0.717) is 17.0 Å². The van der Waals surface area contributed by atoms with Crippen LogP contribution in [0.3, 0.4) is 0 Å². The number of carbonyl (C=O) groups excluding carboxylic acids is 2. The molecule has 2 aromatic rings. The monoisotopic (exact) mass is 338 g/mol. The largest absolute Gasteiger partial charge is 0.481 e. The molecule has 1 atom stereocenters. The molecular formula is C20H22N2O3. The Kier molecular flexibility index (Phi) is 5.33. The molecule has 5 nitrogen and oxygen atoms in total. The van der Waals surface area contributed by atoms with Crippen LogP contribution in [-0.4, -0.2) is 35.9 Å². The third-order valence-corrected chi connectivity index (χ3v) is 4.20. The van der Waals surface area contributed by atoms with Gasteiger partial charge in [-0.15, -0.1) is 0 Å². The lowest BCUT2D eigenvalue weighted by atomic mass is 10.1. The molecule has 130 valence electrons. The van der Waals surface area contributed by atoms with Crippen LogP contribution in [-0.2, 0) is 4.79 Å². The molecule has 1 heterocycles. The van der Waals surface area contributed by atoms with E-state index in [0.717, 1.165) is 25.9 Å². The number of anilines is 1. The Bertz CT molecular complexity index is 740. The van der Waals surface area contributed by atoms with E-state index < -0.39 is 6.10 Å². The summed E-state index contributed by atoms with van der Waals surface area (Å²) in [5, 5.41) is 2.81. The van der Waals surface area contributed by atoms with Crippen molar-refractivity contribution < 1.29 is 14.3 Å². The minimum absolute atomic E-state index is 0.0159. The van der Waals surface area contributed by atoms with Gasteiger partial charge in [0.25, 0.3) is 11.8 Å². The van der Waals surface area contributed by atoms with Gasteiger partial charge in [0.2, 0.25) is 0 Å². The molecule has 0 spiro atoms. The van der Waals surface area contributed by atoms with E-state index in [1.165, 1.54) is 0 Å². The van der Waals surface area contributed by atoms with Gasteiger partial charge >= 0.3 is 0 Å². The lowest BCUT2D eigenvalue weighted by Crippen LogP contribution is -2.30. The molecular weight excluding hydrogens is 316 g/mol. The number of para-hydroxylation sites is 1. The maximum atomic E-state index is 12.4. The predicted octanol–water partition coefficient (Wildman–Crippen LogP) is 3.33. The minimum Gasteiger partial charge on any atom is -0.481 e. The van der Waals surface area contributed by atoms with Crippen molar-refractivity contribution in [3.8, 4) is 5.75 Å². The normalized spacial score (nSPS) is 14.8. The maximum Gasteiger partial charge on any atom is 0.265 e. The molecule has 1 aliphatic rings. The van der Waals surface area contributed by atoms with Gasteiger partial charge in [0.15, 0.2) is 6.10 Å². The molecule has 1 saturated heterocycles. The number of carbonyl (C=O) groups is 2. The molecule has 0 saturated carbocycles. The first-order valence-electron chi connectivity index (χ1n) is 8.55. The van der Waals surface area contributed by atoms with E-state index in [1.54, 1.807) is 43.3 Å². The molecule has 25 heavy (non-hydrogen) atoms. The zero-order valence-electron chi connectivity index (χ0n) is 14.3. The van der Waals surface area contributed by atoms with Crippen molar-refractivity contribution in [3.63, 3.8) is 0 Å². The Morgan fingerprint density at radius 2 is 1.76 bits per heavy atom. The van der Waals surface area contributed by atoms with Crippen LogP contribution in [0.15, 0.2) is 54.6 Å². The molecule has 1 unspecified atom stereocenters. The first-order chi connectivity index (χ1) is 12.1. The molecule has 0 bridgehead atoms. The van der Waals surface area contributed by atoms with Gasteiger partial charge in [-0.2, -0.15) is 0 Å². The Morgan fingerprint density at radius 1 is 1.04 bits per heavy atom. The summed E-state index contributed by atoms with van der Waals surface area (Å²) in [6, 6.07) is 16.3. The number of rotatable bonds is 5. The number of likely N-dealkylation sites (tertiary alicyclic amines) is 1. The lowest BCUT2D eigenvalue weighted by Gasteiger charge is -2.17. The average molecular weight is 338 g/mol. The first kappa shape index (κ1) is 17.0. The van der Waals surface area contributed by atoms with Gasteiger partial charge in [0, 0.05) is 24.3 Å². The third kappa shape index (κ3) is 4.38. The molecule has 5 heteroatoms. The van der Waals surface area contributed by atoms with Gasteiger partial charge in [-0.05, 0) is 50.1 Å². The summed E-state index contributed by atoms with van der Waals surface area (Å²) in [6.45, 7) is 3.30. The van der Waals surface area contributed by atoms with Gasteiger partial charge in [0.05, 0.1) is 0 Å². The van der Waals surface area contributed by atoms with E-state index in [1.807, 2.05) is 23.1 Å². The molecule has 1 fully saturated rings. The summed E-state index contributed by atoms with van der Waals surface area (Å²) in [5.74, 6) is 0.403. The highest BCUT2D eigenvalue weighted by molar-refractivity contribution is 5.98. The Labute approximate surface area is 147 Å². The number of hydrogen-bond acceptors (Lipinski definition) is 3. The van der Waals surface area contributed by atoms with Gasteiger partial charge in [0.1, 0.15) is 5.75 Å². The van der Waals surface area contributed by atoms with Crippen molar-refractivity contribution in [2.24, 2.45) is 0 Å². The first-order valence-corrected chi connectivity index (χ1v) is 8.55. The van der Waals surface area contributed by atoms with E-state index in [-0.39, 0.29) is 11.8 Å². The third-order valence-electron chi connectivity index (χ3n) is 4.20. The van der Waals surface area contributed by atoms with E-state index in [2.05, 4.69) is 5.32 Å². The van der Waals surface area contributed by atoms with Crippen molar-refractivity contribution in [2.45, 2.75) is 25.9 Å². The highest BCUT2D eigenvalue weighted by Crippen LogP contribution is 2.17. The summed E-state index contributed by atoms with van der Waals surface area (Å²) in [4.78, 5) is 26.6. The Balaban J connectivity index is 1.63. The topological polar surface area (TPSA) is 58.6 Å². The maximum absolute atomic E-state index is 12.4. The molecule has 0 radical (unpaired) electrons. The van der Waals surface area contributed by atoms with Crippen LogP contribution in [0.1, 0.15) is 30.1 Å². The second-order valence-corrected chi connectivity index (χ2v) is 6.14. The van der Waals surface area contributed by atoms with Gasteiger partial charge in [-0.1, -0.05) is 24.3 Å². The molecule has 0 aliphatic carbocycles. The van der Waals surface area contributed by atoms with Crippen LogP contribution < -0.4 is 10.1 Å². The highest BCUT2D eigenvalue weighted by Gasteiger charge is 2.20. The molecule has 1 N–H and O–H groups in total. The predicted molar refractivity (Wildman–Crippen MR) is 96.7 cm³/mol. The van der Waals surface area contributed by atoms with E-state index >= 15 is 0 Å². The number of nitrogens with zero attached hydrogens (tertiary/aromatic N) is 1. The second kappa shape index (κ2) is 7.83. The molecule has 2 aromatic carbocycles. The lowest BCUT2D eigenvalue weighted by molar-refractivity contribution is -0.122. The Morgan fingerprint density at radius 3 is 2.48 bits per heavy atom. The summed E-state index contributed by atoms with van der Waals surface area (Å²) in [7, 11) is 0. The SMILES string of the molecule is CC(Oc1ccccc1)C(=O)Nc1cccc(C(=O)N2CCCC2)c1. The van der Waals surface area contributed by atoms with Crippen molar-refractivity contribution in [1.29, 1.82) is 0 Å². The number of benzene rings is 2. The summed E-state index contributed by atoms with van der Waals surface area (Å²) in [5.41, 5.74) is 1.19. The zero-order valence-corrected chi connectivity index (χ0v) is 14.3. The van der Waals surface area contributed by atoms with Crippen molar-refractivity contribution >= 4 is 17.5 Å². The fourth-order valence-electron chi connectivity index (χ4n) is 2.83. The van der Waals surface area contributed by atoms with Crippen molar-refractivity contribution in [2.75, 3.05) is 18.4 Å². The fourth-order valence-corrected chi connectivity index (χ4v) is 2.83. The van der Waals surface area contributed by atoms with E-state index in [4.69, 9.17) is 4.74 Å².